The Morgan fingerprint density at radius 3 is 2.63 bits per heavy atom. The van der Waals surface area contributed by atoms with Gasteiger partial charge in [-0.2, -0.15) is 5.10 Å². The highest BCUT2D eigenvalue weighted by Gasteiger charge is 2.06. The van der Waals surface area contributed by atoms with E-state index < -0.39 is 0 Å². The average molecular weight is 378 g/mol. The summed E-state index contributed by atoms with van der Waals surface area (Å²) in [7, 11) is 0. The van der Waals surface area contributed by atoms with Gasteiger partial charge >= 0.3 is 0 Å². The van der Waals surface area contributed by atoms with Crippen LogP contribution in [-0.4, -0.2) is 9.19 Å². The number of halogens is 1. The zero-order chi connectivity index (χ0) is 13.2. The summed E-state index contributed by atoms with van der Waals surface area (Å²) >= 11 is 6.66. The van der Waals surface area contributed by atoms with Crippen LogP contribution in [0.25, 0.3) is 23.1 Å². The van der Waals surface area contributed by atoms with Gasteiger partial charge in [-0.05, 0) is 65.2 Å². The molecule has 0 radical (unpaired) electrons. The molecule has 1 aromatic heterocycles. The molecule has 0 unspecified atom stereocenters. The van der Waals surface area contributed by atoms with Crippen molar-refractivity contribution in [3.8, 4) is 0 Å². The Bertz CT molecular complexity index is 747. The number of benzene rings is 2. The van der Waals surface area contributed by atoms with Crippen LogP contribution in [0.4, 0.5) is 0 Å². The topological polar surface area (TPSA) is 17.8 Å². The van der Waals surface area contributed by atoms with E-state index in [1.54, 1.807) is 4.09 Å². The summed E-state index contributed by atoms with van der Waals surface area (Å²) in [5.41, 5.74) is 3.13. The molecule has 0 atom stereocenters. The lowest BCUT2D eigenvalue weighted by molar-refractivity contribution is 1.04. The molecule has 0 aliphatic rings. The molecule has 94 valence electrons. The summed E-state index contributed by atoms with van der Waals surface area (Å²) in [6.07, 6.45) is 4.09. The molecule has 0 spiro atoms. The first kappa shape index (κ1) is 12.7. The zero-order valence-corrected chi connectivity index (χ0v) is 13.0. The number of hydrogen-bond donors (Lipinski definition) is 1. The lowest BCUT2D eigenvalue weighted by atomic mass is 10.1. The van der Waals surface area contributed by atoms with Crippen molar-refractivity contribution in [2.24, 2.45) is 0 Å². The molecule has 0 N–H and O–H groups in total. The van der Waals surface area contributed by atoms with Gasteiger partial charge in [0, 0.05) is 8.96 Å². The van der Waals surface area contributed by atoms with Gasteiger partial charge < -0.3 is 0 Å². The van der Waals surface area contributed by atoms with Gasteiger partial charge in [-0.3, -0.25) is 0 Å². The third-order valence-corrected chi connectivity index (χ3v) is 3.86. The Balaban J connectivity index is 2.04. The van der Waals surface area contributed by atoms with E-state index in [4.69, 9.17) is 0 Å². The monoisotopic (exact) mass is 378 g/mol. The fourth-order valence-electron chi connectivity index (χ4n) is 1.96. The van der Waals surface area contributed by atoms with E-state index >= 15 is 0 Å². The molecule has 0 saturated carbocycles. The Labute approximate surface area is 130 Å². The van der Waals surface area contributed by atoms with Crippen LogP contribution in [0, 0.1) is 3.57 Å². The molecule has 19 heavy (non-hydrogen) atoms. The van der Waals surface area contributed by atoms with Gasteiger partial charge in [0.05, 0.1) is 11.2 Å². The summed E-state index contributed by atoms with van der Waals surface area (Å²) in [6.45, 7) is 0. The van der Waals surface area contributed by atoms with Crippen molar-refractivity contribution < 1.29 is 0 Å². The van der Waals surface area contributed by atoms with Crippen molar-refractivity contribution >= 4 is 58.5 Å². The second-order valence-corrected chi connectivity index (χ2v) is 5.80. The normalized spacial score (nSPS) is 11.5. The van der Waals surface area contributed by atoms with Crippen LogP contribution in [0.15, 0.2) is 48.5 Å². The Morgan fingerprint density at radius 1 is 1.05 bits per heavy atom. The van der Waals surface area contributed by atoms with Gasteiger partial charge in [0.25, 0.3) is 0 Å². The zero-order valence-electron chi connectivity index (χ0n) is 9.99. The van der Waals surface area contributed by atoms with E-state index in [0.29, 0.717) is 0 Å². The minimum atomic E-state index is 0.935. The predicted octanol–water partition coefficient (Wildman–Crippen LogP) is 4.50. The van der Waals surface area contributed by atoms with Crippen LogP contribution in [0.2, 0.25) is 0 Å². The summed E-state index contributed by atoms with van der Waals surface area (Å²) in [6, 6.07) is 16.4. The molecule has 0 bridgehead atoms. The Kier molecular flexibility index (Phi) is 3.61. The van der Waals surface area contributed by atoms with Gasteiger partial charge in [-0.15, -0.1) is 0 Å². The molecule has 0 aliphatic carbocycles. The first-order valence-corrected chi connectivity index (χ1v) is 7.32. The van der Waals surface area contributed by atoms with Gasteiger partial charge in [0.2, 0.25) is 0 Å². The summed E-state index contributed by atoms with van der Waals surface area (Å²) < 4.78 is 2.81. The highest BCUT2D eigenvalue weighted by atomic mass is 127. The van der Waals surface area contributed by atoms with Gasteiger partial charge in [-0.25, -0.2) is 4.09 Å². The molecular weight excluding hydrogens is 367 g/mol. The van der Waals surface area contributed by atoms with Crippen LogP contribution < -0.4 is 0 Å². The van der Waals surface area contributed by atoms with E-state index in [1.807, 2.05) is 24.3 Å². The fraction of sp³-hybridized carbons (Fsp3) is 0. The summed E-state index contributed by atoms with van der Waals surface area (Å²) in [5.74, 6) is 0. The smallest absolute Gasteiger partial charge is 0.0940 e. The van der Waals surface area contributed by atoms with Crippen molar-refractivity contribution in [2.45, 2.75) is 0 Å². The van der Waals surface area contributed by atoms with Crippen LogP contribution in [0.5, 0.6) is 0 Å². The highest BCUT2D eigenvalue weighted by Crippen LogP contribution is 2.23. The maximum Gasteiger partial charge on any atom is 0.0940 e. The number of nitrogens with zero attached hydrogens (tertiary/aromatic N) is 2. The maximum absolute atomic E-state index is 4.44. The van der Waals surface area contributed by atoms with E-state index in [9.17, 15) is 0 Å². The fourth-order valence-corrected chi connectivity index (χ4v) is 2.70. The highest BCUT2D eigenvalue weighted by molar-refractivity contribution is 14.1. The summed E-state index contributed by atoms with van der Waals surface area (Å²) in [5, 5.41) is 5.55. The van der Waals surface area contributed by atoms with Crippen molar-refractivity contribution in [3.63, 3.8) is 0 Å². The van der Waals surface area contributed by atoms with Crippen LogP contribution in [0.1, 0.15) is 11.3 Å². The van der Waals surface area contributed by atoms with E-state index in [2.05, 4.69) is 76.9 Å². The summed E-state index contributed by atoms with van der Waals surface area (Å²) in [4.78, 5) is 0. The Hall–Kier alpha value is -1.27. The van der Waals surface area contributed by atoms with Crippen molar-refractivity contribution in [1.82, 2.24) is 9.19 Å². The number of thiol groups is 1. The van der Waals surface area contributed by atoms with Gasteiger partial charge in [0.1, 0.15) is 0 Å². The standard InChI is InChI=1S/C15H11IN2S/c16-12-7-8-13-14(17-18(19)15(13)10-12)9-6-11-4-2-1-3-5-11/h1-10,19H. The second-order valence-electron chi connectivity index (χ2n) is 4.18. The van der Waals surface area contributed by atoms with E-state index in [0.717, 1.165) is 22.2 Å². The molecular formula is C15H11IN2S. The minimum absolute atomic E-state index is 0.935. The lowest BCUT2D eigenvalue weighted by Gasteiger charge is -1.93. The average Bonchev–Trinajstić information content (AvgIpc) is 2.74. The second kappa shape index (κ2) is 5.38. The first-order chi connectivity index (χ1) is 9.24. The molecule has 0 saturated heterocycles. The van der Waals surface area contributed by atoms with Crippen molar-refractivity contribution in [3.05, 3.63) is 63.4 Å². The third kappa shape index (κ3) is 2.69. The lowest BCUT2D eigenvalue weighted by Crippen LogP contribution is -1.82. The minimum Gasteiger partial charge on any atom is -0.209 e. The van der Waals surface area contributed by atoms with Crippen molar-refractivity contribution in [2.75, 3.05) is 0 Å². The number of fused-ring (bicyclic) bond motifs is 1. The first-order valence-electron chi connectivity index (χ1n) is 5.85. The molecule has 2 nitrogen and oxygen atoms in total. The quantitative estimate of drug-likeness (QED) is 0.514. The predicted molar refractivity (Wildman–Crippen MR) is 92.2 cm³/mol. The van der Waals surface area contributed by atoms with E-state index in [-0.39, 0.29) is 0 Å². The van der Waals surface area contributed by atoms with Crippen molar-refractivity contribution in [1.29, 1.82) is 0 Å². The molecule has 4 heteroatoms. The largest absolute Gasteiger partial charge is 0.209 e. The SMILES string of the molecule is Sn1nc(C=Cc2ccccc2)c2ccc(I)cc21. The molecule has 3 rings (SSSR count). The number of rotatable bonds is 2. The van der Waals surface area contributed by atoms with Gasteiger partial charge in [-0.1, -0.05) is 36.4 Å². The third-order valence-electron chi connectivity index (χ3n) is 2.89. The van der Waals surface area contributed by atoms with Crippen LogP contribution in [0.3, 0.4) is 0 Å². The van der Waals surface area contributed by atoms with E-state index in [1.165, 1.54) is 3.57 Å². The molecule has 0 aliphatic heterocycles. The molecule has 0 fully saturated rings. The molecule has 3 aromatic rings. The van der Waals surface area contributed by atoms with Crippen LogP contribution in [-0.2, 0) is 0 Å². The molecule has 0 amide bonds. The number of hydrogen-bond acceptors (Lipinski definition) is 2. The molecule has 1 heterocycles. The van der Waals surface area contributed by atoms with Gasteiger partial charge in [0.15, 0.2) is 0 Å². The maximum atomic E-state index is 4.44. The number of aromatic nitrogens is 2. The Morgan fingerprint density at radius 2 is 1.84 bits per heavy atom. The van der Waals surface area contributed by atoms with Crippen LogP contribution >= 0.6 is 35.4 Å². The molecule has 2 aromatic carbocycles.